The van der Waals surface area contributed by atoms with Crippen LogP contribution in [0, 0.1) is 5.92 Å². The molecule has 0 spiro atoms. The Kier molecular flexibility index (Phi) is 3.89. The molecule has 100 valence electrons. The summed E-state index contributed by atoms with van der Waals surface area (Å²) in [7, 11) is 0. The van der Waals surface area contributed by atoms with Crippen molar-refractivity contribution in [1.29, 1.82) is 0 Å². The minimum absolute atomic E-state index is 0.130. The summed E-state index contributed by atoms with van der Waals surface area (Å²) >= 11 is 1.81. The molecule has 0 N–H and O–H groups in total. The SMILES string of the molecule is O=C1N=C(CSC2CCOCC2)N=C2C=NC=CC12. The molecular formula is C13H15N3O2S. The van der Waals surface area contributed by atoms with Crippen molar-refractivity contribution >= 4 is 35.4 Å². The van der Waals surface area contributed by atoms with Crippen LogP contribution in [0.3, 0.4) is 0 Å². The largest absolute Gasteiger partial charge is 0.381 e. The molecular weight excluding hydrogens is 262 g/mol. The number of carbonyl (C=O) groups is 1. The average Bonchev–Trinajstić information content (AvgIpc) is 2.46. The van der Waals surface area contributed by atoms with Crippen molar-refractivity contribution in [2.45, 2.75) is 18.1 Å². The van der Waals surface area contributed by atoms with E-state index >= 15 is 0 Å². The lowest BCUT2D eigenvalue weighted by molar-refractivity contribution is -0.118. The zero-order valence-electron chi connectivity index (χ0n) is 10.5. The number of ether oxygens (including phenoxy) is 1. The lowest BCUT2D eigenvalue weighted by atomic mass is 10.0. The summed E-state index contributed by atoms with van der Waals surface area (Å²) in [6.07, 6.45) is 7.15. The molecule has 1 unspecified atom stereocenters. The number of carbonyl (C=O) groups excluding carboxylic acids is 1. The highest BCUT2D eigenvalue weighted by Gasteiger charge is 2.27. The molecule has 3 heterocycles. The fraction of sp³-hybridized carbons (Fsp3) is 0.538. The van der Waals surface area contributed by atoms with Crippen LogP contribution < -0.4 is 0 Å². The molecule has 1 saturated heterocycles. The number of amidine groups is 1. The highest BCUT2D eigenvalue weighted by molar-refractivity contribution is 8.00. The maximum Gasteiger partial charge on any atom is 0.260 e. The van der Waals surface area contributed by atoms with Crippen molar-refractivity contribution in [3.05, 3.63) is 12.3 Å². The van der Waals surface area contributed by atoms with Crippen molar-refractivity contribution in [2.24, 2.45) is 20.9 Å². The summed E-state index contributed by atoms with van der Waals surface area (Å²) in [6.45, 7) is 1.66. The van der Waals surface area contributed by atoms with E-state index < -0.39 is 0 Å². The fourth-order valence-corrected chi connectivity index (χ4v) is 3.25. The Balaban J connectivity index is 1.62. The molecule has 3 aliphatic heterocycles. The first-order chi connectivity index (χ1) is 9.33. The molecule has 19 heavy (non-hydrogen) atoms. The standard InChI is InChI=1S/C13H15N3O2S/c17-13-10-1-4-14-7-11(10)15-12(16-13)8-19-9-2-5-18-6-3-9/h1,4,7,9-10H,2-3,5-6,8H2. The van der Waals surface area contributed by atoms with Gasteiger partial charge in [-0.05, 0) is 18.9 Å². The zero-order chi connectivity index (χ0) is 13.1. The fourth-order valence-electron chi connectivity index (χ4n) is 2.21. The molecule has 5 nitrogen and oxygen atoms in total. The van der Waals surface area contributed by atoms with Crippen LogP contribution in [0.2, 0.25) is 0 Å². The van der Waals surface area contributed by atoms with Crippen LogP contribution in [0.4, 0.5) is 0 Å². The molecule has 0 radical (unpaired) electrons. The third kappa shape index (κ3) is 3.01. The number of fused-ring (bicyclic) bond motifs is 1. The first-order valence-electron chi connectivity index (χ1n) is 6.42. The van der Waals surface area contributed by atoms with Gasteiger partial charge >= 0.3 is 0 Å². The topological polar surface area (TPSA) is 63.4 Å². The zero-order valence-corrected chi connectivity index (χ0v) is 11.3. The first-order valence-corrected chi connectivity index (χ1v) is 7.47. The Hall–Kier alpha value is -1.27. The molecule has 1 fully saturated rings. The van der Waals surface area contributed by atoms with E-state index in [1.165, 1.54) is 0 Å². The van der Waals surface area contributed by atoms with Gasteiger partial charge in [0.1, 0.15) is 11.8 Å². The second-order valence-corrected chi connectivity index (χ2v) is 5.91. The average molecular weight is 277 g/mol. The molecule has 0 aromatic carbocycles. The molecule has 0 saturated carbocycles. The first kappa shape index (κ1) is 12.7. The normalized spacial score (nSPS) is 26.9. The monoisotopic (exact) mass is 277 g/mol. The van der Waals surface area contributed by atoms with Gasteiger partial charge < -0.3 is 4.74 Å². The second-order valence-electron chi connectivity index (χ2n) is 4.62. The number of nitrogens with zero attached hydrogens (tertiary/aromatic N) is 3. The van der Waals surface area contributed by atoms with E-state index in [1.807, 2.05) is 11.8 Å². The van der Waals surface area contributed by atoms with Crippen LogP contribution in [0.1, 0.15) is 12.8 Å². The summed E-state index contributed by atoms with van der Waals surface area (Å²) < 4.78 is 5.33. The van der Waals surface area contributed by atoms with Gasteiger partial charge in [0.2, 0.25) is 0 Å². The van der Waals surface area contributed by atoms with Gasteiger partial charge in [-0.2, -0.15) is 16.8 Å². The number of aliphatic imine (C=N–C) groups is 3. The smallest absolute Gasteiger partial charge is 0.260 e. The second kappa shape index (κ2) is 5.79. The number of hydrogen-bond donors (Lipinski definition) is 0. The van der Waals surface area contributed by atoms with Gasteiger partial charge in [-0.1, -0.05) is 0 Å². The number of thioether (sulfide) groups is 1. The summed E-state index contributed by atoms with van der Waals surface area (Å²) in [5, 5.41) is 0.587. The Labute approximate surface area is 115 Å². The molecule has 1 amide bonds. The van der Waals surface area contributed by atoms with E-state index in [4.69, 9.17) is 4.74 Å². The molecule has 0 aromatic heterocycles. The maximum absolute atomic E-state index is 11.9. The summed E-state index contributed by atoms with van der Waals surface area (Å²) in [4.78, 5) is 24.4. The molecule has 3 aliphatic rings. The minimum atomic E-state index is -0.325. The van der Waals surface area contributed by atoms with Crippen molar-refractivity contribution in [2.75, 3.05) is 19.0 Å². The van der Waals surface area contributed by atoms with E-state index in [9.17, 15) is 4.79 Å². The quantitative estimate of drug-likeness (QED) is 0.785. The van der Waals surface area contributed by atoms with Gasteiger partial charge in [-0.15, -0.1) is 0 Å². The predicted molar refractivity (Wildman–Crippen MR) is 77.3 cm³/mol. The third-order valence-electron chi connectivity index (χ3n) is 3.27. The van der Waals surface area contributed by atoms with Crippen molar-refractivity contribution in [1.82, 2.24) is 0 Å². The van der Waals surface area contributed by atoms with E-state index in [0.717, 1.165) is 26.1 Å². The Morgan fingerprint density at radius 1 is 1.32 bits per heavy atom. The van der Waals surface area contributed by atoms with Crippen LogP contribution in [0.25, 0.3) is 0 Å². The Morgan fingerprint density at radius 2 is 2.16 bits per heavy atom. The van der Waals surface area contributed by atoms with Gasteiger partial charge in [0.25, 0.3) is 5.91 Å². The van der Waals surface area contributed by atoms with Crippen LogP contribution in [-0.4, -0.2) is 47.9 Å². The summed E-state index contributed by atoms with van der Waals surface area (Å²) in [6, 6.07) is 0. The van der Waals surface area contributed by atoms with Gasteiger partial charge in [0.15, 0.2) is 0 Å². The van der Waals surface area contributed by atoms with E-state index in [0.29, 0.717) is 22.6 Å². The highest BCUT2D eigenvalue weighted by Crippen LogP contribution is 2.23. The van der Waals surface area contributed by atoms with Crippen LogP contribution >= 0.6 is 11.8 Å². The third-order valence-corrected chi connectivity index (χ3v) is 4.64. The molecule has 6 heteroatoms. The highest BCUT2D eigenvalue weighted by atomic mass is 32.2. The van der Waals surface area contributed by atoms with Crippen LogP contribution in [-0.2, 0) is 9.53 Å². The molecule has 1 atom stereocenters. The Bertz CT molecular complexity index is 490. The van der Waals surface area contributed by atoms with Gasteiger partial charge in [0, 0.05) is 30.9 Å². The number of amides is 1. The number of hydrogen-bond acceptors (Lipinski definition) is 5. The van der Waals surface area contributed by atoms with Gasteiger partial charge in [-0.3, -0.25) is 9.79 Å². The minimum Gasteiger partial charge on any atom is -0.381 e. The van der Waals surface area contributed by atoms with E-state index in [-0.39, 0.29) is 11.8 Å². The lowest BCUT2D eigenvalue weighted by Crippen LogP contribution is -2.30. The van der Waals surface area contributed by atoms with Gasteiger partial charge in [0.05, 0.1) is 11.5 Å². The van der Waals surface area contributed by atoms with E-state index in [1.54, 1.807) is 18.5 Å². The Morgan fingerprint density at radius 3 is 3.00 bits per heavy atom. The summed E-state index contributed by atoms with van der Waals surface area (Å²) in [5.74, 6) is 0.850. The van der Waals surface area contributed by atoms with Crippen molar-refractivity contribution < 1.29 is 9.53 Å². The van der Waals surface area contributed by atoms with Crippen molar-refractivity contribution in [3.63, 3.8) is 0 Å². The molecule has 3 rings (SSSR count). The maximum atomic E-state index is 11.9. The van der Waals surface area contributed by atoms with E-state index in [2.05, 4.69) is 15.0 Å². The molecule has 0 aliphatic carbocycles. The van der Waals surface area contributed by atoms with Crippen LogP contribution in [0.15, 0.2) is 27.3 Å². The van der Waals surface area contributed by atoms with Crippen molar-refractivity contribution in [3.8, 4) is 0 Å². The van der Waals surface area contributed by atoms with Crippen LogP contribution in [0.5, 0.6) is 0 Å². The van der Waals surface area contributed by atoms with Gasteiger partial charge in [-0.25, -0.2) is 4.99 Å². The number of rotatable bonds is 3. The predicted octanol–water partition coefficient (Wildman–Crippen LogP) is 1.49. The molecule has 0 bridgehead atoms. The lowest BCUT2D eigenvalue weighted by Gasteiger charge is -2.22. The molecule has 0 aromatic rings. The summed E-state index contributed by atoms with van der Waals surface area (Å²) in [5.41, 5.74) is 0.713.